The van der Waals surface area contributed by atoms with Crippen molar-refractivity contribution in [2.45, 2.75) is 30.9 Å². The molecule has 1 aliphatic rings. The molecular weight excluding hydrogens is 412 g/mol. The van der Waals surface area contributed by atoms with E-state index in [1.54, 1.807) is 26.9 Å². The number of fused-ring (bicyclic) bond motifs is 1. The molecule has 0 atom stereocenters. The van der Waals surface area contributed by atoms with E-state index in [0.717, 1.165) is 17.0 Å². The largest absolute Gasteiger partial charge is 0.340 e. The van der Waals surface area contributed by atoms with Crippen molar-refractivity contribution in [1.29, 1.82) is 0 Å². The van der Waals surface area contributed by atoms with Gasteiger partial charge in [-0.3, -0.25) is 4.79 Å². The maximum absolute atomic E-state index is 12.7. The molecule has 0 bridgehead atoms. The van der Waals surface area contributed by atoms with Crippen LogP contribution in [0.5, 0.6) is 0 Å². The van der Waals surface area contributed by atoms with E-state index in [0.29, 0.717) is 49.0 Å². The summed E-state index contributed by atoms with van der Waals surface area (Å²) in [6.45, 7) is 5.30. The minimum absolute atomic E-state index is 0.0238. The van der Waals surface area contributed by atoms with Crippen molar-refractivity contribution in [3.8, 4) is 0 Å². The first-order valence-electron chi connectivity index (χ1n) is 9.35. The number of hydrogen-bond acceptors (Lipinski definition) is 7. The minimum Gasteiger partial charge on any atom is -0.340 e. The van der Waals surface area contributed by atoms with Crippen LogP contribution in [0.1, 0.15) is 23.4 Å². The minimum atomic E-state index is -3.46. The lowest BCUT2D eigenvalue weighted by Crippen LogP contribution is -2.50. The van der Waals surface area contributed by atoms with E-state index in [2.05, 4.69) is 15.1 Å². The molecule has 0 radical (unpaired) electrons. The second kappa shape index (κ2) is 7.81. The van der Waals surface area contributed by atoms with Crippen molar-refractivity contribution in [1.82, 2.24) is 28.8 Å². The van der Waals surface area contributed by atoms with Gasteiger partial charge < -0.3 is 4.90 Å². The van der Waals surface area contributed by atoms with Gasteiger partial charge in [0.05, 0.1) is 0 Å². The SMILES string of the molecule is Cc1nc2ncnn2c(C)c1CCC(=O)N1CCN(S(=O)(=O)c2cccs2)CC1. The number of amides is 1. The van der Waals surface area contributed by atoms with Gasteiger partial charge in [0, 0.05) is 44.0 Å². The summed E-state index contributed by atoms with van der Waals surface area (Å²) in [5, 5.41) is 5.93. The predicted octanol–water partition coefficient (Wildman–Crippen LogP) is 1.27. The van der Waals surface area contributed by atoms with Crippen molar-refractivity contribution < 1.29 is 13.2 Å². The van der Waals surface area contributed by atoms with Crippen LogP contribution in [0.3, 0.4) is 0 Å². The molecule has 4 rings (SSSR count). The van der Waals surface area contributed by atoms with E-state index >= 15 is 0 Å². The van der Waals surface area contributed by atoms with Gasteiger partial charge in [-0.05, 0) is 37.3 Å². The van der Waals surface area contributed by atoms with Gasteiger partial charge in [-0.25, -0.2) is 17.9 Å². The van der Waals surface area contributed by atoms with Gasteiger partial charge >= 0.3 is 0 Å². The maximum Gasteiger partial charge on any atom is 0.252 e. The molecule has 0 unspecified atom stereocenters. The quantitative estimate of drug-likeness (QED) is 0.599. The summed E-state index contributed by atoms with van der Waals surface area (Å²) in [4.78, 5) is 23.0. The average Bonchev–Trinajstić information content (AvgIpc) is 3.40. The van der Waals surface area contributed by atoms with E-state index in [1.807, 2.05) is 13.8 Å². The Kier molecular flexibility index (Phi) is 5.36. The monoisotopic (exact) mass is 434 g/mol. The van der Waals surface area contributed by atoms with Crippen LogP contribution in [0.4, 0.5) is 0 Å². The molecule has 1 aliphatic heterocycles. The van der Waals surface area contributed by atoms with Gasteiger partial charge in [-0.2, -0.15) is 14.4 Å². The Morgan fingerprint density at radius 3 is 2.66 bits per heavy atom. The Balaban J connectivity index is 1.37. The highest BCUT2D eigenvalue weighted by molar-refractivity contribution is 7.91. The van der Waals surface area contributed by atoms with Gasteiger partial charge in [-0.1, -0.05) is 6.07 Å². The number of hydrogen-bond donors (Lipinski definition) is 0. The number of carbonyl (C=O) groups is 1. The van der Waals surface area contributed by atoms with Crippen LogP contribution in [0, 0.1) is 13.8 Å². The molecule has 9 nitrogen and oxygen atoms in total. The van der Waals surface area contributed by atoms with E-state index < -0.39 is 10.0 Å². The van der Waals surface area contributed by atoms with Crippen LogP contribution in [0.25, 0.3) is 5.78 Å². The molecule has 4 heterocycles. The Hall–Kier alpha value is -2.37. The van der Waals surface area contributed by atoms with Gasteiger partial charge in [0.2, 0.25) is 5.91 Å². The normalized spacial score (nSPS) is 15.9. The molecule has 1 fully saturated rings. The second-order valence-electron chi connectivity index (χ2n) is 6.95. The first-order valence-corrected chi connectivity index (χ1v) is 11.7. The van der Waals surface area contributed by atoms with Crippen LogP contribution in [0.2, 0.25) is 0 Å². The topological polar surface area (TPSA) is 101 Å². The molecule has 1 amide bonds. The predicted molar refractivity (Wildman–Crippen MR) is 108 cm³/mol. The summed E-state index contributed by atoms with van der Waals surface area (Å²) in [6.07, 6.45) is 2.38. The number of aryl methyl sites for hydroxylation is 2. The van der Waals surface area contributed by atoms with Crippen molar-refractivity contribution in [3.05, 3.63) is 40.8 Å². The maximum atomic E-state index is 12.7. The van der Waals surface area contributed by atoms with E-state index in [1.165, 1.54) is 22.0 Å². The summed E-state index contributed by atoms with van der Waals surface area (Å²) in [5.74, 6) is 0.578. The summed E-state index contributed by atoms with van der Waals surface area (Å²) in [6, 6.07) is 3.34. The molecular formula is C18H22N6O3S2. The molecule has 1 saturated heterocycles. The fourth-order valence-corrected chi connectivity index (χ4v) is 6.19. The summed E-state index contributed by atoms with van der Waals surface area (Å²) >= 11 is 1.21. The molecule has 0 saturated carbocycles. The number of aromatic nitrogens is 4. The number of rotatable bonds is 5. The van der Waals surface area contributed by atoms with Gasteiger partial charge in [0.15, 0.2) is 0 Å². The van der Waals surface area contributed by atoms with E-state index in [-0.39, 0.29) is 5.91 Å². The zero-order chi connectivity index (χ0) is 20.6. The molecule has 11 heteroatoms. The zero-order valence-electron chi connectivity index (χ0n) is 16.3. The third kappa shape index (κ3) is 3.77. The smallest absolute Gasteiger partial charge is 0.252 e. The average molecular weight is 435 g/mol. The molecule has 0 spiro atoms. The number of sulfonamides is 1. The zero-order valence-corrected chi connectivity index (χ0v) is 17.9. The van der Waals surface area contributed by atoms with Crippen molar-refractivity contribution in [2.24, 2.45) is 0 Å². The first kappa shape index (κ1) is 19.9. The van der Waals surface area contributed by atoms with Crippen LogP contribution in [0.15, 0.2) is 28.0 Å². The van der Waals surface area contributed by atoms with Gasteiger partial charge in [-0.15, -0.1) is 11.3 Å². The molecule has 154 valence electrons. The summed E-state index contributed by atoms with van der Waals surface area (Å²) < 4.78 is 28.7. The Labute approximate surface area is 173 Å². The fourth-order valence-electron chi connectivity index (χ4n) is 3.62. The van der Waals surface area contributed by atoms with Gasteiger partial charge in [0.25, 0.3) is 15.8 Å². The molecule has 0 aromatic carbocycles. The standard InChI is InChI=1S/C18H22N6O3S2/c1-13-15(14(2)24-18(21-13)19-12-20-24)5-6-16(25)22-7-9-23(10-8-22)29(26,27)17-4-3-11-28-17/h3-4,11-12H,5-10H2,1-2H3. The van der Waals surface area contributed by atoms with Crippen molar-refractivity contribution in [3.63, 3.8) is 0 Å². The number of nitrogens with zero attached hydrogens (tertiary/aromatic N) is 6. The highest BCUT2D eigenvalue weighted by Gasteiger charge is 2.30. The Morgan fingerprint density at radius 1 is 1.21 bits per heavy atom. The van der Waals surface area contributed by atoms with Gasteiger partial charge in [0.1, 0.15) is 10.5 Å². The lowest BCUT2D eigenvalue weighted by molar-refractivity contribution is -0.132. The van der Waals surface area contributed by atoms with E-state index in [9.17, 15) is 13.2 Å². The number of piperazine rings is 1. The van der Waals surface area contributed by atoms with Crippen molar-refractivity contribution >= 4 is 33.0 Å². The summed E-state index contributed by atoms with van der Waals surface area (Å²) in [5.41, 5.74) is 2.78. The second-order valence-corrected chi connectivity index (χ2v) is 10.1. The molecule has 0 N–H and O–H groups in total. The highest BCUT2D eigenvalue weighted by atomic mass is 32.2. The molecule has 3 aromatic heterocycles. The third-order valence-corrected chi connectivity index (χ3v) is 8.53. The van der Waals surface area contributed by atoms with Crippen LogP contribution in [-0.4, -0.2) is 69.3 Å². The molecule has 3 aromatic rings. The lowest BCUT2D eigenvalue weighted by Gasteiger charge is -2.33. The highest BCUT2D eigenvalue weighted by Crippen LogP contribution is 2.22. The first-order chi connectivity index (χ1) is 13.9. The number of thiophene rings is 1. The summed E-state index contributed by atoms with van der Waals surface area (Å²) in [7, 11) is -3.46. The third-order valence-electron chi connectivity index (χ3n) is 5.26. The lowest BCUT2D eigenvalue weighted by atomic mass is 10.1. The van der Waals surface area contributed by atoms with Crippen LogP contribution in [-0.2, 0) is 21.2 Å². The van der Waals surface area contributed by atoms with Crippen LogP contribution < -0.4 is 0 Å². The number of carbonyl (C=O) groups excluding carboxylic acids is 1. The molecule has 0 aliphatic carbocycles. The Morgan fingerprint density at radius 2 is 1.97 bits per heavy atom. The van der Waals surface area contributed by atoms with Crippen LogP contribution >= 0.6 is 11.3 Å². The van der Waals surface area contributed by atoms with E-state index in [4.69, 9.17) is 0 Å². The van der Waals surface area contributed by atoms with Crippen molar-refractivity contribution in [2.75, 3.05) is 26.2 Å². The fraction of sp³-hybridized carbons (Fsp3) is 0.444. The molecule has 29 heavy (non-hydrogen) atoms. The Bertz CT molecular complexity index is 1130.